The summed E-state index contributed by atoms with van der Waals surface area (Å²) in [5.41, 5.74) is 1.51. The summed E-state index contributed by atoms with van der Waals surface area (Å²) in [5, 5.41) is 15.0. The second-order valence-electron chi connectivity index (χ2n) is 8.86. The molecule has 11 heteroatoms. The first-order chi connectivity index (χ1) is 17.8. The van der Waals surface area contributed by atoms with Crippen molar-refractivity contribution in [3.63, 3.8) is 0 Å². The quantitative estimate of drug-likeness (QED) is 0.190. The first-order valence-corrected chi connectivity index (χ1v) is 11.8. The number of non-ortho nitro benzene ring substituents is 1. The molecule has 4 aromatic rings. The molecule has 0 spiro atoms. The summed E-state index contributed by atoms with van der Waals surface area (Å²) in [7, 11) is 1.68. The standard InChI is InChI=1S/C26H24FN5O5/c1-3-37-26(34)19-13-30(2)25-18(24(19)33)10-16-11-20(27)23(12-21(16)29-25)31-9-8-28-22(14-31)15-4-6-17(7-5-15)32(35)36/h4-7,10-13,22,28H,3,8-9,14H2,1-2H3. The van der Waals surface area contributed by atoms with Crippen molar-refractivity contribution in [2.45, 2.75) is 13.0 Å². The molecule has 1 aliphatic rings. The third-order valence-electron chi connectivity index (χ3n) is 6.53. The van der Waals surface area contributed by atoms with E-state index in [0.717, 1.165) is 5.56 Å². The van der Waals surface area contributed by atoms with Crippen LogP contribution in [0.25, 0.3) is 21.9 Å². The molecule has 1 saturated heterocycles. The van der Waals surface area contributed by atoms with Crippen molar-refractivity contribution >= 4 is 39.3 Å². The SMILES string of the molecule is CCOC(=O)c1cn(C)c2nc3cc(N4CCNC(c5ccc([N+](=O)[O-])cc5)C4)c(F)cc3cc2c1=O. The number of nitrogens with one attached hydrogen (secondary N) is 1. The summed E-state index contributed by atoms with van der Waals surface area (Å²) < 4.78 is 21.9. The van der Waals surface area contributed by atoms with Crippen molar-refractivity contribution in [2.75, 3.05) is 31.1 Å². The zero-order valence-corrected chi connectivity index (χ0v) is 20.2. The number of rotatable bonds is 5. The maximum absolute atomic E-state index is 15.3. The van der Waals surface area contributed by atoms with Crippen molar-refractivity contribution in [1.29, 1.82) is 0 Å². The molecule has 1 unspecified atom stereocenters. The number of hydrogen-bond acceptors (Lipinski definition) is 8. The number of hydrogen-bond donors (Lipinski definition) is 1. The van der Waals surface area contributed by atoms with E-state index in [4.69, 9.17) is 4.74 Å². The van der Waals surface area contributed by atoms with Gasteiger partial charge in [0.2, 0.25) is 5.43 Å². The highest BCUT2D eigenvalue weighted by Gasteiger charge is 2.24. The Hall–Kier alpha value is -4.38. The molecular formula is C26H24FN5O5. The van der Waals surface area contributed by atoms with E-state index in [1.807, 2.05) is 4.90 Å². The average Bonchev–Trinajstić information content (AvgIpc) is 2.89. The Morgan fingerprint density at radius 1 is 1.27 bits per heavy atom. The maximum atomic E-state index is 15.3. The number of nitro benzene ring substituents is 1. The van der Waals surface area contributed by atoms with Gasteiger partial charge in [0, 0.05) is 56.4 Å². The number of anilines is 1. The molecule has 10 nitrogen and oxygen atoms in total. The normalized spacial score (nSPS) is 15.8. The van der Waals surface area contributed by atoms with Gasteiger partial charge in [-0.15, -0.1) is 0 Å². The molecule has 2 aromatic heterocycles. The van der Waals surface area contributed by atoms with Crippen molar-refractivity contribution in [2.24, 2.45) is 7.05 Å². The van der Waals surface area contributed by atoms with E-state index in [-0.39, 0.29) is 29.3 Å². The number of carbonyl (C=O) groups is 1. The number of ether oxygens (including phenoxy) is 1. The van der Waals surface area contributed by atoms with Gasteiger partial charge in [-0.05, 0) is 30.7 Å². The minimum Gasteiger partial charge on any atom is -0.462 e. The highest BCUT2D eigenvalue weighted by molar-refractivity contribution is 5.97. The van der Waals surface area contributed by atoms with E-state index in [2.05, 4.69) is 10.3 Å². The highest BCUT2D eigenvalue weighted by atomic mass is 19.1. The van der Waals surface area contributed by atoms with Crippen LogP contribution in [0.4, 0.5) is 15.8 Å². The number of benzene rings is 2. The van der Waals surface area contributed by atoms with Crippen molar-refractivity contribution in [1.82, 2.24) is 14.9 Å². The van der Waals surface area contributed by atoms with E-state index in [1.165, 1.54) is 24.4 Å². The maximum Gasteiger partial charge on any atom is 0.343 e. The number of halogens is 1. The molecule has 0 bridgehead atoms. The summed E-state index contributed by atoms with van der Waals surface area (Å²) in [6.07, 6.45) is 1.40. The van der Waals surface area contributed by atoms with Gasteiger partial charge in [0.1, 0.15) is 17.0 Å². The average molecular weight is 506 g/mol. The van der Waals surface area contributed by atoms with Crippen LogP contribution in [-0.4, -0.2) is 46.7 Å². The third kappa shape index (κ3) is 4.49. The van der Waals surface area contributed by atoms with Crippen LogP contribution >= 0.6 is 0 Å². The van der Waals surface area contributed by atoms with Gasteiger partial charge in [-0.25, -0.2) is 14.2 Å². The van der Waals surface area contributed by atoms with E-state index < -0.39 is 22.1 Å². The lowest BCUT2D eigenvalue weighted by molar-refractivity contribution is -0.384. The van der Waals surface area contributed by atoms with Crippen LogP contribution in [0, 0.1) is 15.9 Å². The third-order valence-corrected chi connectivity index (χ3v) is 6.53. The van der Waals surface area contributed by atoms with Crippen molar-refractivity contribution in [3.05, 3.63) is 85.9 Å². The number of pyridine rings is 2. The van der Waals surface area contributed by atoms with E-state index in [9.17, 15) is 19.7 Å². The summed E-state index contributed by atoms with van der Waals surface area (Å²) in [6, 6.07) is 10.7. The van der Waals surface area contributed by atoms with Crippen LogP contribution in [0.5, 0.6) is 0 Å². The lowest BCUT2D eigenvalue weighted by Gasteiger charge is -2.35. The molecule has 37 heavy (non-hydrogen) atoms. The molecule has 5 rings (SSSR count). The Labute approximate surface area is 210 Å². The summed E-state index contributed by atoms with van der Waals surface area (Å²) >= 11 is 0. The predicted octanol–water partition coefficient (Wildman–Crippen LogP) is 3.46. The topological polar surface area (TPSA) is 120 Å². The second-order valence-corrected chi connectivity index (χ2v) is 8.86. The molecule has 0 saturated carbocycles. The predicted molar refractivity (Wildman–Crippen MR) is 136 cm³/mol. The fourth-order valence-electron chi connectivity index (χ4n) is 4.68. The number of aryl methyl sites for hydroxylation is 1. The van der Waals surface area contributed by atoms with Crippen LogP contribution in [0.15, 0.2) is 53.5 Å². The zero-order chi connectivity index (χ0) is 26.3. The highest BCUT2D eigenvalue weighted by Crippen LogP contribution is 2.30. The summed E-state index contributed by atoms with van der Waals surface area (Å²) in [4.78, 5) is 42.2. The van der Waals surface area contributed by atoms with Gasteiger partial charge in [-0.3, -0.25) is 14.9 Å². The van der Waals surface area contributed by atoms with Crippen LogP contribution in [0.1, 0.15) is 28.9 Å². The van der Waals surface area contributed by atoms with E-state index in [0.29, 0.717) is 41.9 Å². The van der Waals surface area contributed by atoms with Crippen LogP contribution in [-0.2, 0) is 11.8 Å². The minimum absolute atomic E-state index is 0.0130. The zero-order valence-electron chi connectivity index (χ0n) is 20.2. The molecule has 0 aliphatic carbocycles. The Morgan fingerprint density at radius 3 is 2.73 bits per heavy atom. The van der Waals surface area contributed by atoms with Gasteiger partial charge in [-0.1, -0.05) is 12.1 Å². The van der Waals surface area contributed by atoms with Gasteiger partial charge in [0.05, 0.1) is 28.1 Å². The second kappa shape index (κ2) is 9.58. The van der Waals surface area contributed by atoms with Gasteiger partial charge in [0.15, 0.2) is 0 Å². The molecule has 2 aromatic carbocycles. The Bertz CT molecular complexity index is 1600. The lowest BCUT2D eigenvalue weighted by Crippen LogP contribution is -2.46. The first-order valence-electron chi connectivity index (χ1n) is 11.8. The fourth-order valence-corrected chi connectivity index (χ4v) is 4.68. The number of nitrogens with zero attached hydrogens (tertiary/aromatic N) is 4. The minimum atomic E-state index is -0.715. The molecule has 3 heterocycles. The largest absolute Gasteiger partial charge is 0.462 e. The van der Waals surface area contributed by atoms with Crippen molar-refractivity contribution in [3.8, 4) is 0 Å². The van der Waals surface area contributed by atoms with Gasteiger partial charge < -0.3 is 19.5 Å². The van der Waals surface area contributed by atoms with Gasteiger partial charge >= 0.3 is 5.97 Å². The number of fused-ring (bicyclic) bond motifs is 2. The van der Waals surface area contributed by atoms with Gasteiger partial charge in [0.25, 0.3) is 5.69 Å². The monoisotopic (exact) mass is 505 g/mol. The van der Waals surface area contributed by atoms with Crippen LogP contribution in [0.2, 0.25) is 0 Å². The van der Waals surface area contributed by atoms with Crippen LogP contribution in [0.3, 0.4) is 0 Å². The van der Waals surface area contributed by atoms with E-state index in [1.54, 1.807) is 42.8 Å². The molecule has 0 amide bonds. The van der Waals surface area contributed by atoms with Crippen LogP contribution < -0.4 is 15.6 Å². The molecule has 0 radical (unpaired) electrons. The number of nitro groups is 1. The Balaban J connectivity index is 1.51. The molecule has 1 aliphatic heterocycles. The summed E-state index contributed by atoms with van der Waals surface area (Å²) in [6.45, 7) is 3.40. The summed E-state index contributed by atoms with van der Waals surface area (Å²) in [5.74, 6) is -1.18. The number of carbonyl (C=O) groups excluding carboxylic acids is 1. The molecule has 190 valence electrons. The molecular weight excluding hydrogens is 481 g/mol. The molecule has 1 fully saturated rings. The lowest BCUT2D eigenvalue weighted by atomic mass is 10.0. The number of esters is 1. The van der Waals surface area contributed by atoms with Crippen molar-refractivity contribution < 1.29 is 18.8 Å². The number of aromatic nitrogens is 2. The van der Waals surface area contributed by atoms with Gasteiger partial charge in [-0.2, -0.15) is 0 Å². The molecule has 1 atom stereocenters. The first kappa shape index (κ1) is 24.3. The molecule has 1 N–H and O–H groups in total. The fraction of sp³-hybridized carbons (Fsp3) is 0.269. The number of piperazine rings is 1. The van der Waals surface area contributed by atoms with E-state index >= 15 is 4.39 Å². The Kier molecular flexibility index (Phi) is 6.30. The smallest absolute Gasteiger partial charge is 0.343 e. The Morgan fingerprint density at radius 2 is 2.03 bits per heavy atom.